The van der Waals surface area contributed by atoms with Crippen LogP contribution in [0.3, 0.4) is 0 Å². The second kappa shape index (κ2) is 3.86. The Kier molecular flexibility index (Phi) is 2.78. The number of aryl methyl sites for hydroxylation is 1. The zero-order valence-electron chi connectivity index (χ0n) is 6.62. The average Bonchev–Trinajstić information content (AvgIpc) is 2.07. The fourth-order valence-corrected chi connectivity index (χ4v) is 1.02. The normalized spacial score (nSPS) is 9.55. The summed E-state index contributed by atoms with van der Waals surface area (Å²) in [6, 6.07) is 7.59. The van der Waals surface area contributed by atoms with Crippen molar-refractivity contribution in [2.45, 2.75) is 19.8 Å². The molecule has 1 aromatic carbocycles. The number of rotatable bonds is 3. The largest absolute Gasteiger partial charge is 0.129 e. The minimum absolute atomic E-state index is 0.616. The van der Waals surface area contributed by atoms with Gasteiger partial charge in [0, 0.05) is 0 Å². The molecular formula is C9H11N2. The van der Waals surface area contributed by atoms with Gasteiger partial charge in [-0.2, -0.15) is 0 Å². The third-order valence-electron chi connectivity index (χ3n) is 1.59. The molecule has 11 heavy (non-hydrogen) atoms. The van der Waals surface area contributed by atoms with Crippen molar-refractivity contribution in [2.24, 2.45) is 5.11 Å². The van der Waals surface area contributed by atoms with Gasteiger partial charge in [0.1, 0.15) is 0 Å². The summed E-state index contributed by atoms with van der Waals surface area (Å²) in [6.45, 7) is 2.14. The summed E-state index contributed by atoms with van der Waals surface area (Å²) in [4.78, 5) is 0. The Labute approximate surface area is 66.8 Å². The first-order valence-electron chi connectivity index (χ1n) is 3.81. The van der Waals surface area contributed by atoms with Crippen LogP contribution in [-0.2, 0) is 6.42 Å². The first-order valence-corrected chi connectivity index (χ1v) is 3.81. The zero-order chi connectivity index (χ0) is 8.10. The molecule has 1 aromatic rings. The van der Waals surface area contributed by atoms with Gasteiger partial charge >= 0.3 is 0 Å². The van der Waals surface area contributed by atoms with Crippen molar-refractivity contribution in [3.63, 3.8) is 0 Å². The second-order valence-corrected chi connectivity index (χ2v) is 2.52. The van der Waals surface area contributed by atoms with Crippen LogP contribution >= 0.6 is 0 Å². The quantitative estimate of drug-likeness (QED) is 0.589. The van der Waals surface area contributed by atoms with Crippen LogP contribution in [0.2, 0.25) is 0 Å². The molecule has 2 nitrogen and oxygen atoms in total. The van der Waals surface area contributed by atoms with E-state index >= 15 is 0 Å². The summed E-state index contributed by atoms with van der Waals surface area (Å²) in [5.74, 6) is 0. The van der Waals surface area contributed by atoms with Gasteiger partial charge in [-0.15, -0.1) is 5.11 Å². The fourth-order valence-electron chi connectivity index (χ4n) is 1.02. The number of hydrogen-bond acceptors (Lipinski definition) is 1. The van der Waals surface area contributed by atoms with Gasteiger partial charge in [-0.05, 0) is 29.6 Å². The van der Waals surface area contributed by atoms with E-state index in [2.05, 4.69) is 12.0 Å². The number of benzene rings is 1. The van der Waals surface area contributed by atoms with Gasteiger partial charge in [-0.25, -0.2) is 0 Å². The van der Waals surface area contributed by atoms with E-state index in [1.807, 2.05) is 24.3 Å². The second-order valence-electron chi connectivity index (χ2n) is 2.52. The molecule has 0 fully saturated rings. The molecule has 1 rings (SSSR count). The molecule has 0 saturated heterocycles. The lowest BCUT2D eigenvalue weighted by Gasteiger charge is -1.96. The van der Waals surface area contributed by atoms with E-state index in [9.17, 15) is 0 Å². The predicted molar refractivity (Wildman–Crippen MR) is 44.7 cm³/mol. The van der Waals surface area contributed by atoms with Crippen molar-refractivity contribution in [3.05, 3.63) is 29.8 Å². The summed E-state index contributed by atoms with van der Waals surface area (Å²) in [7, 11) is 0. The van der Waals surface area contributed by atoms with E-state index in [-0.39, 0.29) is 0 Å². The molecule has 0 saturated carbocycles. The lowest BCUT2D eigenvalue weighted by Crippen LogP contribution is -1.80. The molecule has 0 aliphatic rings. The fraction of sp³-hybridized carbons (Fsp3) is 0.333. The van der Waals surface area contributed by atoms with E-state index in [4.69, 9.17) is 5.53 Å². The Hall–Kier alpha value is -1.18. The molecule has 0 atom stereocenters. The van der Waals surface area contributed by atoms with Crippen LogP contribution in [0.15, 0.2) is 29.4 Å². The molecule has 0 aromatic heterocycles. The van der Waals surface area contributed by atoms with Crippen molar-refractivity contribution in [3.8, 4) is 0 Å². The first-order chi connectivity index (χ1) is 5.36. The van der Waals surface area contributed by atoms with Crippen LogP contribution in [0.1, 0.15) is 18.9 Å². The lowest BCUT2D eigenvalue weighted by molar-refractivity contribution is 0.922. The maximum Gasteiger partial charge on any atom is 0.0875 e. The maximum atomic E-state index is 8.38. The summed E-state index contributed by atoms with van der Waals surface area (Å²) >= 11 is 0. The minimum atomic E-state index is 0.616. The molecule has 57 valence electrons. The van der Waals surface area contributed by atoms with Gasteiger partial charge in [-0.3, -0.25) is 0 Å². The Morgan fingerprint density at radius 1 is 1.27 bits per heavy atom. The zero-order valence-corrected chi connectivity index (χ0v) is 6.62. The monoisotopic (exact) mass is 147 g/mol. The molecule has 2 heteroatoms. The van der Waals surface area contributed by atoms with Gasteiger partial charge in [0.2, 0.25) is 0 Å². The van der Waals surface area contributed by atoms with Crippen LogP contribution in [0.4, 0.5) is 5.69 Å². The standard InChI is InChI=1S/C9H11N2/c1-2-3-8-4-6-9(11-10)7-5-8/h4-7H,2-3H2,1H3. The van der Waals surface area contributed by atoms with E-state index < -0.39 is 0 Å². The predicted octanol–water partition coefficient (Wildman–Crippen LogP) is 2.52. The molecule has 0 spiro atoms. The Balaban J connectivity index is 2.74. The minimum Gasteiger partial charge on any atom is -0.129 e. The molecule has 0 amide bonds. The molecule has 0 heterocycles. The Morgan fingerprint density at radius 2 is 1.91 bits per heavy atom. The van der Waals surface area contributed by atoms with Crippen LogP contribution in [0, 0.1) is 0 Å². The molecule has 0 bridgehead atoms. The Morgan fingerprint density at radius 3 is 2.36 bits per heavy atom. The SMILES string of the molecule is CCCc1ccc(N=[N])cc1. The van der Waals surface area contributed by atoms with E-state index in [1.54, 1.807) is 0 Å². The molecule has 1 radical (unpaired) electrons. The summed E-state index contributed by atoms with van der Waals surface area (Å²) < 4.78 is 0. The van der Waals surface area contributed by atoms with Crippen LogP contribution in [0.25, 0.3) is 0 Å². The van der Waals surface area contributed by atoms with Crippen LogP contribution in [0.5, 0.6) is 0 Å². The van der Waals surface area contributed by atoms with E-state index in [0.29, 0.717) is 5.69 Å². The van der Waals surface area contributed by atoms with Crippen molar-refractivity contribution in [1.29, 1.82) is 0 Å². The highest BCUT2D eigenvalue weighted by Gasteiger charge is 1.90. The average molecular weight is 147 g/mol. The third kappa shape index (κ3) is 2.15. The molecule has 0 unspecified atom stereocenters. The highest BCUT2D eigenvalue weighted by Crippen LogP contribution is 2.12. The van der Waals surface area contributed by atoms with Gasteiger partial charge < -0.3 is 0 Å². The number of nitrogens with zero attached hydrogens (tertiary/aromatic N) is 2. The third-order valence-corrected chi connectivity index (χ3v) is 1.59. The number of hydrogen-bond donors (Lipinski definition) is 0. The molecule has 0 aliphatic carbocycles. The topological polar surface area (TPSA) is 34.7 Å². The van der Waals surface area contributed by atoms with Crippen LogP contribution in [-0.4, -0.2) is 0 Å². The summed E-state index contributed by atoms with van der Waals surface area (Å²) in [6.07, 6.45) is 2.24. The molecular weight excluding hydrogens is 136 g/mol. The summed E-state index contributed by atoms with van der Waals surface area (Å²) in [5, 5.41) is 3.07. The van der Waals surface area contributed by atoms with Gasteiger partial charge in [0.05, 0.1) is 5.69 Å². The Bertz CT molecular complexity index is 226. The van der Waals surface area contributed by atoms with Crippen LogP contribution < -0.4 is 5.53 Å². The van der Waals surface area contributed by atoms with Crippen molar-refractivity contribution in [2.75, 3.05) is 0 Å². The van der Waals surface area contributed by atoms with Crippen molar-refractivity contribution in [1.82, 2.24) is 5.53 Å². The van der Waals surface area contributed by atoms with Gasteiger partial charge in [0.25, 0.3) is 0 Å². The van der Waals surface area contributed by atoms with Gasteiger partial charge in [0.15, 0.2) is 0 Å². The first kappa shape index (κ1) is 7.92. The van der Waals surface area contributed by atoms with E-state index in [1.165, 1.54) is 5.56 Å². The van der Waals surface area contributed by atoms with Crippen molar-refractivity contribution >= 4 is 5.69 Å². The lowest BCUT2D eigenvalue weighted by atomic mass is 10.1. The highest BCUT2D eigenvalue weighted by atomic mass is 14.9. The summed E-state index contributed by atoms with van der Waals surface area (Å²) in [5.41, 5.74) is 10.3. The van der Waals surface area contributed by atoms with E-state index in [0.717, 1.165) is 12.8 Å². The smallest absolute Gasteiger partial charge is 0.0875 e. The highest BCUT2D eigenvalue weighted by molar-refractivity contribution is 5.37. The van der Waals surface area contributed by atoms with Gasteiger partial charge in [-0.1, -0.05) is 25.5 Å². The molecule has 0 N–H and O–H groups in total. The maximum absolute atomic E-state index is 8.38. The van der Waals surface area contributed by atoms with Crippen molar-refractivity contribution < 1.29 is 0 Å². The molecule has 0 aliphatic heterocycles.